The van der Waals surface area contributed by atoms with Crippen LogP contribution in [0.2, 0.25) is 0 Å². The molecule has 0 spiro atoms. The Morgan fingerprint density at radius 1 is 1.53 bits per heavy atom. The van der Waals surface area contributed by atoms with E-state index in [1.807, 2.05) is 6.92 Å². The summed E-state index contributed by atoms with van der Waals surface area (Å²) in [5.41, 5.74) is 0. The summed E-state index contributed by atoms with van der Waals surface area (Å²) < 4.78 is 28.0. The van der Waals surface area contributed by atoms with Crippen molar-refractivity contribution in [1.29, 1.82) is 0 Å². The highest BCUT2D eigenvalue weighted by molar-refractivity contribution is 9.11. The van der Waals surface area contributed by atoms with Crippen LogP contribution in [0.4, 0.5) is 0 Å². The van der Waals surface area contributed by atoms with Crippen molar-refractivity contribution in [2.24, 2.45) is 5.92 Å². The van der Waals surface area contributed by atoms with Gasteiger partial charge in [-0.1, -0.05) is 12.8 Å². The van der Waals surface area contributed by atoms with E-state index in [-0.39, 0.29) is 17.5 Å². The summed E-state index contributed by atoms with van der Waals surface area (Å²) in [6.45, 7) is 1.79. The first-order valence-corrected chi connectivity index (χ1v) is 9.44. The molecule has 0 aromatic carbocycles. The van der Waals surface area contributed by atoms with Crippen molar-refractivity contribution in [3.05, 3.63) is 14.7 Å². The molecule has 2 N–H and O–H groups in total. The highest BCUT2D eigenvalue weighted by Gasteiger charge is 2.28. The van der Waals surface area contributed by atoms with Crippen LogP contribution in [-0.4, -0.2) is 19.6 Å². The number of nitrogens with one attached hydrogen (secondary N) is 1. The van der Waals surface area contributed by atoms with E-state index in [1.54, 1.807) is 0 Å². The number of thiophene rings is 1. The van der Waals surface area contributed by atoms with E-state index < -0.39 is 10.0 Å². The van der Waals surface area contributed by atoms with Crippen LogP contribution in [0.5, 0.6) is 0 Å². The monoisotopic (exact) mass is 367 g/mol. The van der Waals surface area contributed by atoms with Crippen molar-refractivity contribution in [2.45, 2.75) is 50.2 Å². The Morgan fingerprint density at radius 3 is 2.68 bits per heavy atom. The summed E-state index contributed by atoms with van der Waals surface area (Å²) in [6, 6.07) is 1.48. The van der Waals surface area contributed by atoms with E-state index in [9.17, 15) is 8.42 Å². The van der Waals surface area contributed by atoms with Gasteiger partial charge in [-0.2, -0.15) is 0 Å². The zero-order valence-corrected chi connectivity index (χ0v) is 13.9. The van der Waals surface area contributed by atoms with Gasteiger partial charge in [0, 0.05) is 10.9 Å². The molecule has 0 amide bonds. The predicted molar refractivity (Wildman–Crippen MR) is 79.7 cm³/mol. The topological polar surface area (TPSA) is 66.4 Å². The van der Waals surface area contributed by atoms with Gasteiger partial charge in [-0.05, 0) is 47.7 Å². The highest BCUT2D eigenvalue weighted by atomic mass is 79.9. The zero-order valence-electron chi connectivity index (χ0n) is 10.7. The molecule has 0 saturated heterocycles. The van der Waals surface area contributed by atoms with Crippen molar-refractivity contribution >= 4 is 37.3 Å². The van der Waals surface area contributed by atoms with Crippen LogP contribution >= 0.6 is 27.3 Å². The number of hydrogen-bond acceptors (Lipinski definition) is 4. The standard InChI is InChI=1S/C12H18BrNO3S2/c1-8(9-4-2-3-5-9)14-19(16,17)11-6-10(7-15)18-12(11)13/h6,8-9,14-15H,2-5,7H2,1H3. The van der Waals surface area contributed by atoms with Crippen molar-refractivity contribution < 1.29 is 13.5 Å². The van der Waals surface area contributed by atoms with Gasteiger partial charge in [0.2, 0.25) is 10.0 Å². The normalized spacial score (nSPS) is 18.9. The van der Waals surface area contributed by atoms with Crippen LogP contribution in [0, 0.1) is 5.92 Å². The third-order valence-corrected chi connectivity index (χ3v) is 7.40. The zero-order chi connectivity index (χ0) is 14.0. The fraction of sp³-hybridized carbons (Fsp3) is 0.667. The second-order valence-electron chi connectivity index (χ2n) is 4.96. The molecular weight excluding hydrogens is 350 g/mol. The van der Waals surface area contributed by atoms with Gasteiger partial charge in [-0.15, -0.1) is 11.3 Å². The number of aliphatic hydroxyl groups excluding tert-OH is 1. The van der Waals surface area contributed by atoms with Gasteiger partial charge in [0.05, 0.1) is 10.4 Å². The fourth-order valence-electron chi connectivity index (χ4n) is 2.52. The lowest BCUT2D eigenvalue weighted by Gasteiger charge is -2.20. The van der Waals surface area contributed by atoms with Gasteiger partial charge in [-0.3, -0.25) is 0 Å². The summed E-state index contributed by atoms with van der Waals surface area (Å²) in [5.74, 6) is 0.435. The van der Waals surface area contributed by atoms with E-state index in [0.29, 0.717) is 14.6 Å². The molecule has 108 valence electrons. The maximum Gasteiger partial charge on any atom is 0.242 e. The molecule has 0 radical (unpaired) electrons. The lowest BCUT2D eigenvalue weighted by atomic mass is 10.0. The van der Waals surface area contributed by atoms with Gasteiger partial charge in [0.25, 0.3) is 0 Å². The molecule has 1 fully saturated rings. The van der Waals surface area contributed by atoms with Crippen LogP contribution in [0.1, 0.15) is 37.5 Å². The second-order valence-corrected chi connectivity index (χ2v) is 9.10. The summed E-state index contributed by atoms with van der Waals surface area (Å²) >= 11 is 4.50. The summed E-state index contributed by atoms with van der Waals surface area (Å²) in [7, 11) is -3.51. The van der Waals surface area contributed by atoms with Crippen LogP contribution < -0.4 is 4.72 Å². The second kappa shape index (κ2) is 6.22. The maximum atomic E-state index is 12.3. The molecule has 1 unspecified atom stereocenters. The number of aliphatic hydroxyl groups is 1. The number of sulfonamides is 1. The Bertz CT molecular complexity index is 535. The smallest absolute Gasteiger partial charge is 0.242 e. The molecule has 1 aliphatic rings. The lowest BCUT2D eigenvalue weighted by molar-refractivity contribution is 0.285. The van der Waals surface area contributed by atoms with Crippen LogP contribution in [0.3, 0.4) is 0 Å². The molecule has 1 aromatic rings. The summed E-state index contributed by atoms with van der Waals surface area (Å²) in [5, 5.41) is 9.07. The largest absolute Gasteiger partial charge is 0.391 e. The molecule has 2 rings (SSSR count). The molecule has 4 nitrogen and oxygen atoms in total. The number of halogens is 1. The van der Waals surface area contributed by atoms with Crippen LogP contribution in [0.15, 0.2) is 14.7 Å². The molecule has 19 heavy (non-hydrogen) atoms. The Morgan fingerprint density at radius 2 is 2.16 bits per heavy atom. The molecular formula is C12H18BrNO3S2. The number of rotatable bonds is 5. The van der Waals surface area contributed by atoms with Gasteiger partial charge in [0.15, 0.2) is 0 Å². The fourth-order valence-corrected chi connectivity index (χ4v) is 6.38. The van der Waals surface area contributed by atoms with E-state index in [0.717, 1.165) is 12.8 Å². The van der Waals surface area contributed by atoms with E-state index in [2.05, 4.69) is 20.7 Å². The van der Waals surface area contributed by atoms with Crippen molar-refractivity contribution in [3.63, 3.8) is 0 Å². The van der Waals surface area contributed by atoms with Crippen molar-refractivity contribution in [3.8, 4) is 0 Å². The Kier molecular flexibility index (Phi) is 5.05. The molecule has 1 atom stereocenters. The molecule has 1 saturated carbocycles. The van der Waals surface area contributed by atoms with Crippen LogP contribution in [-0.2, 0) is 16.6 Å². The maximum absolute atomic E-state index is 12.3. The van der Waals surface area contributed by atoms with Gasteiger partial charge < -0.3 is 5.11 Å². The lowest BCUT2D eigenvalue weighted by Crippen LogP contribution is -2.37. The van der Waals surface area contributed by atoms with E-state index in [4.69, 9.17) is 5.11 Å². The minimum atomic E-state index is -3.51. The molecule has 1 aromatic heterocycles. The van der Waals surface area contributed by atoms with Crippen molar-refractivity contribution in [1.82, 2.24) is 4.72 Å². The predicted octanol–water partition coefficient (Wildman–Crippen LogP) is 2.86. The molecule has 0 bridgehead atoms. The Labute approximate surface area is 126 Å². The van der Waals surface area contributed by atoms with E-state index >= 15 is 0 Å². The Hall–Kier alpha value is 0.0500. The first-order chi connectivity index (χ1) is 8.94. The van der Waals surface area contributed by atoms with E-state index in [1.165, 1.54) is 30.2 Å². The number of hydrogen-bond donors (Lipinski definition) is 2. The van der Waals surface area contributed by atoms with Crippen LogP contribution in [0.25, 0.3) is 0 Å². The summed E-state index contributed by atoms with van der Waals surface area (Å²) in [6.07, 6.45) is 4.56. The molecule has 7 heteroatoms. The average Bonchev–Trinajstić information content (AvgIpc) is 2.96. The molecule has 1 heterocycles. The first kappa shape index (κ1) is 15.4. The minimum Gasteiger partial charge on any atom is -0.391 e. The quantitative estimate of drug-likeness (QED) is 0.840. The van der Waals surface area contributed by atoms with Gasteiger partial charge in [-0.25, -0.2) is 13.1 Å². The summed E-state index contributed by atoms with van der Waals surface area (Å²) in [4.78, 5) is 0.868. The first-order valence-electron chi connectivity index (χ1n) is 6.35. The van der Waals surface area contributed by atoms with Gasteiger partial charge >= 0.3 is 0 Å². The van der Waals surface area contributed by atoms with Crippen molar-refractivity contribution in [2.75, 3.05) is 0 Å². The Balaban J connectivity index is 2.14. The highest BCUT2D eigenvalue weighted by Crippen LogP contribution is 2.33. The third-order valence-electron chi connectivity index (χ3n) is 3.60. The van der Waals surface area contributed by atoms with Gasteiger partial charge in [0.1, 0.15) is 4.90 Å². The molecule has 1 aliphatic carbocycles. The SMILES string of the molecule is CC(NS(=O)(=O)c1cc(CO)sc1Br)C1CCCC1. The average molecular weight is 368 g/mol. The minimum absolute atomic E-state index is 0.0446. The third kappa shape index (κ3) is 3.58. The molecule has 0 aliphatic heterocycles.